The molecule has 0 aliphatic carbocycles. The number of aryl methyl sites for hydroxylation is 1. The number of fused-ring (bicyclic) bond motifs is 1. The van der Waals surface area contributed by atoms with Crippen molar-refractivity contribution in [3.63, 3.8) is 0 Å². The Morgan fingerprint density at radius 2 is 1.70 bits per heavy atom. The van der Waals surface area contributed by atoms with Gasteiger partial charge in [0.05, 0.1) is 17.5 Å². The number of pyridine rings is 1. The summed E-state index contributed by atoms with van der Waals surface area (Å²) in [5.41, 5.74) is 6.16. The fourth-order valence-electron chi connectivity index (χ4n) is 2.91. The normalized spacial score (nSPS) is 13.5. The maximum atomic E-state index is 10.3. The van der Waals surface area contributed by atoms with Gasteiger partial charge in [-0.1, -0.05) is 51.1 Å². The third kappa shape index (κ3) is 2.89. The summed E-state index contributed by atoms with van der Waals surface area (Å²) < 4.78 is 1.99. The van der Waals surface area contributed by atoms with Crippen molar-refractivity contribution in [3.8, 4) is 11.3 Å². The Bertz CT molecular complexity index is 836. The number of hydrogen-bond acceptors (Lipinski definition) is 2. The largest absolute Gasteiger partial charge is 0.387 e. The highest BCUT2D eigenvalue weighted by Crippen LogP contribution is 2.31. The summed E-state index contributed by atoms with van der Waals surface area (Å²) in [6, 6.07) is 12.5. The smallest absolute Gasteiger partial charge is 0.137 e. The lowest BCUT2D eigenvalue weighted by Gasteiger charge is -2.19. The van der Waals surface area contributed by atoms with Gasteiger partial charge in [0, 0.05) is 11.8 Å². The summed E-state index contributed by atoms with van der Waals surface area (Å²) in [5.74, 6) is 0. The highest BCUT2D eigenvalue weighted by atomic mass is 16.3. The first-order chi connectivity index (χ1) is 10.8. The van der Waals surface area contributed by atoms with E-state index in [9.17, 15) is 5.11 Å². The number of aliphatic hydroxyl groups is 1. The van der Waals surface area contributed by atoms with Gasteiger partial charge in [0.1, 0.15) is 5.65 Å². The van der Waals surface area contributed by atoms with Gasteiger partial charge in [-0.3, -0.25) is 0 Å². The summed E-state index contributed by atoms with van der Waals surface area (Å²) in [5, 5.41) is 10.3. The van der Waals surface area contributed by atoms with Crippen LogP contribution in [0.25, 0.3) is 16.9 Å². The number of nitrogens with zero attached hydrogens (tertiary/aromatic N) is 2. The molecule has 0 saturated heterocycles. The van der Waals surface area contributed by atoms with Crippen LogP contribution < -0.4 is 0 Å². The summed E-state index contributed by atoms with van der Waals surface area (Å²) in [4.78, 5) is 4.74. The number of hydrogen-bond donors (Lipinski definition) is 1. The van der Waals surface area contributed by atoms with E-state index < -0.39 is 6.10 Å². The Balaban J connectivity index is 2.17. The topological polar surface area (TPSA) is 37.5 Å². The summed E-state index contributed by atoms with van der Waals surface area (Å²) >= 11 is 0. The Labute approximate surface area is 137 Å². The third-order valence-corrected chi connectivity index (χ3v) is 4.22. The number of imidazole rings is 1. The van der Waals surface area contributed by atoms with Crippen LogP contribution in [0.15, 0.2) is 42.6 Å². The summed E-state index contributed by atoms with van der Waals surface area (Å²) in [6.07, 6.45) is 1.45. The molecule has 2 heterocycles. The van der Waals surface area contributed by atoms with Crippen LogP contribution in [0.4, 0.5) is 0 Å². The first kappa shape index (κ1) is 15.8. The van der Waals surface area contributed by atoms with Gasteiger partial charge in [0.25, 0.3) is 0 Å². The number of aliphatic hydroxyl groups excluding tert-OH is 1. The molecule has 0 radical (unpaired) electrons. The molecule has 0 fully saturated rings. The van der Waals surface area contributed by atoms with Crippen molar-refractivity contribution in [1.82, 2.24) is 9.38 Å². The lowest BCUT2D eigenvalue weighted by Crippen LogP contribution is -2.10. The second-order valence-electron chi connectivity index (χ2n) is 7.28. The molecular weight excluding hydrogens is 284 g/mol. The summed E-state index contributed by atoms with van der Waals surface area (Å²) in [6.45, 7) is 10.5. The van der Waals surface area contributed by atoms with Gasteiger partial charge in [0.2, 0.25) is 0 Å². The van der Waals surface area contributed by atoms with Gasteiger partial charge in [-0.2, -0.15) is 0 Å². The van der Waals surface area contributed by atoms with Crippen LogP contribution >= 0.6 is 0 Å². The highest BCUT2D eigenvalue weighted by Gasteiger charge is 2.19. The molecule has 0 aliphatic heterocycles. The molecule has 0 bridgehead atoms. The Hall–Kier alpha value is -2.13. The van der Waals surface area contributed by atoms with Crippen LogP contribution in [0.2, 0.25) is 0 Å². The fraction of sp³-hybridized carbons (Fsp3) is 0.350. The molecule has 23 heavy (non-hydrogen) atoms. The Kier molecular flexibility index (Phi) is 3.77. The minimum absolute atomic E-state index is 0.127. The Morgan fingerprint density at radius 1 is 1.04 bits per heavy atom. The predicted octanol–water partition coefficient (Wildman–Crippen LogP) is 4.66. The van der Waals surface area contributed by atoms with E-state index in [1.54, 1.807) is 6.92 Å². The summed E-state index contributed by atoms with van der Waals surface area (Å²) in [7, 11) is 0. The lowest BCUT2D eigenvalue weighted by molar-refractivity contribution is 0.194. The molecule has 1 unspecified atom stereocenters. The molecule has 2 aromatic heterocycles. The standard InChI is InChI=1S/C20H24N2O/c1-13-6-11-17-21-18(19(14(2)23)22(17)12-13)15-7-9-16(10-8-15)20(3,4)5/h6-12,14,23H,1-5H3. The molecule has 0 spiro atoms. The fourth-order valence-corrected chi connectivity index (χ4v) is 2.91. The first-order valence-electron chi connectivity index (χ1n) is 8.05. The second kappa shape index (κ2) is 5.50. The molecule has 1 N–H and O–H groups in total. The van der Waals surface area contributed by atoms with Crippen LogP contribution in [0, 0.1) is 6.92 Å². The van der Waals surface area contributed by atoms with E-state index in [1.165, 1.54) is 5.56 Å². The molecule has 0 aliphatic rings. The molecule has 0 saturated carbocycles. The van der Waals surface area contributed by atoms with Gasteiger partial charge in [-0.25, -0.2) is 4.98 Å². The molecule has 3 nitrogen and oxygen atoms in total. The second-order valence-corrected chi connectivity index (χ2v) is 7.28. The van der Waals surface area contributed by atoms with Crippen molar-refractivity contribution < 1.29 is 5.11 Å². The van der Waals surface area contributed by atoms with Gasteiger partial charge in [0.15, 0.2) is 0 Å². The molecular formula is C20H24N2O. The van der Waals surface area contributed by atoms with E-state index in [4.69, 9.17) is 4.98 Å². The maximum Gasteiger partial charge on any atom is 0.137 e. The molecule has 3 aromatic rings. The average molecular weight is 308 g/mol. The quantitative estimate of drug-likeness (QED) is 0.747. The Morgan fingerprint density at radius 3 is 2.26 bits per heavy atom. The first-order valence-corrected chi connectivity index (χ1v) is 8.05. The predicted molar refractivity (Wildman–Crippen MR) is 94.7 cm³/mol. The number of aromatic nitrogens is 2. The molecule has 0 amide bonds. The van der Waals surface area contributed by atoms with Gasteiger partial charge >= 0.3 is 0 Å². The van der Waals surface area contributed by atoms with E-state index in [0.717, 1.165) is 28.2 Å². The van der Waals surface area contributed by atoms with Gasteiger partial charge < -0.3 is 9.51 Å². The van der Waals surface area contributed by atoms with Crippen LogP contribution in [-0.2, 0) is 5.41 Å². The minimum Gasteiger partial charge on any atom is -0.387 e. The zero-order valence-corrected chi connectivity index (χ0v) is 14.5. The van der Waals surface area contributed by atoms with Gasteiger partial charge in [-0.15, -0.1) is 0 Å². The zero-order valence-electron chi connectivity index (χ0n) is 14.5. The molecule has 3 heteroatoms. The van der Waals surface area contributed by atoms with Crippen LogP contribution in [-0.4, -0.2) is 14.5 Å². The molecule has 3 rings (SSSR count). The van der Waals surface area contributed by atoms with Crippen molar-refractivity contribution >= 4 is 5.65 Å². The van der Waals surface area contributed by atoms with Crippen molar-refractivity contribution in [2.24, 2.45) is 0 Å². The average Bonchev–Trinajstić information content (AvgIpc) is 2.85. The van der Waals surface area contributed by atoms with E-state index >= 15 is 0 Å². The lowest BCUT2D eigenvalue weighted by atomic mass is 9.86. The van der Waals surface area contributed by atoms with E-state index in [-0.39, 0.29) is 5.41 Å². The number of rotatable bonds is 2. The van der Waals surface area contributed by atoms with Crippen molar-refractivity contribution in [1.29, 1.82) is 0 Å². The van der Waals surface area contributed by atoms with E-state index in [0.29, 0.717) is 0 Å². The van der Waals surface area contributed by atoms with Crippen LogP contribution in [0.1, 0.15) is 50.6 Å². The van der Waals surface area contributed by atoms with Crippen molar-refractivity contribution in [2.45, 2.75) is 46.1 Å². The molecule has 120 valence electrons. The van der Waals surface area contributed by atoms with Gasteiger partial charge in [-0.05, 0) is 36.5 Å². The van der Waals surface area contributed by atoms with Crippen molar-refractivity contribution in [3.05, 3.63) is 59.4 Å². The van der Waals surface area contributed by atoms with E-state index in [2.05, 4.69) is 45.0 Å². The third-order valence-electron chi connectivity index (χ3n) is 4.22. The number of benzene rings is 1. The van der Waals surface area contributed by atoms with Crippen molar-refractivity contribution in [2.75, 3.05) is 0 Å². The monoisotopic (exact) mass is 308 g/mol. The molecule has 1 atom stereocenters. The van der Waals surface area contributed by atoms with Crippen LogP contribution in [0.5, 0.6) is 0 Å². The zero-order chi connectivity index (χ0) is 16.8. The minimum atomic E-state index is -0.580. The molecule has 1 aromatic carbocycles. The highest BCUT2D eigenvalue weighted by molar-refractivity contribution is 5.67. The van der Waals surface area contributed by atoms with Crippen LogP contribution in [0.3, 0.4) is 0 Å². The SMILES string of the molecule is Cc1ccc2nc(-c3ccc(C(C)(C)C)cc3)c(C(C)O)n2c1. The van der Waals surface area contributed by atoms with E-state index in [1.807, 2.05) is 29.7 Å². The maximum absolute atomic E-state index is 10.3.